The molecule has 8 heteroatoms. The lowest BCUT2D eigenvalue weighted by Gasteiger charge is -2.33. The van der Waals surface area contributed by atoms with Crippen molar-refractivity contribution in [1.82, 2.24) is 10.2 Å². The Morgan fingerprint density at radius 3 is 2.18 bits per heavy atom. The molecule has 0 radical (unpaired) electrons. The molecule has 0 aliphatic carbocycles. The monoisotopic (exact) mass is 549 g/mol. The summed E-state index contributed by atoms with van der Waals surface area (Å²) in [6, 6.07) is 22.2. The number of unbranched alkanes of at least 4 members (excludes halogenated alkanes) is 1. The van der Waals surface area contributed by atoms with Crippen LogP contribution in [-0.2, 0) is 26.2 Å². The molecule has 0 aromatic heterocycles. The van der Waals surface area contributed by atoms with Crippen molar-refractivity contribution < 1.29 is 18.0 Å². The number of aryl methyl sites for hydroxylation is 2. The molecule has 0 saturated carbocycles. The van der Waals surface area contributed by atoms with Gasteiger partial charge in [-0.1, -0.05) is 86.0 Å². The fraction of sp³-hybridized carbons (Fsp3) is 0.355. The number of amides is 2. The number of anilines is 1. The highest BCUT2D eigenvalue weighted by Gasteiger charge is 2.33. The fourth-order valence-electron chi connectivity index (χ4n) is 4.39. The average molecular weight is 550 g/mol. The Balaban J connectivity index is 2.01. The Bertz CT molecular complexity index is 1340. The van der Waals surface area contributed by atoms with E-state index in [0.29, 0.717) is 18.7 Å². The van der Waals surface area contributed by atoms with Crippen molar-refractivity contribution >= 4 is 27.5 Å². The van der Waals surface area contributed by atoms with E-state index in [-0.39, 0.29) is 17.3 Å². The molecular weight excluding hydrogens is 510 g/mol. The zero-order valence-corrected chi connectivity index (χ0v) is 24.1. The largest absolute Gasteiger partial charge is 0.354 e. The molecule has 7 nitrogen and oxygen atoms in total. The van der Waals surface area contributed by atoms with Crippen LogP contribution in [0.15, 0.2) is 83.8 Å². The summed E-state index contributed by atoms with van der Waals surface area (Å²) in [5.74, 6) is -0.687. The molecule has 1 atom stereocenters. The third kappa shape index (κ3) is 7.93. The van der Waals surface area contributed by atoms with Crippen LogP contribution in [0.25, 0.3) is 0 Å². The van der Waals surface area contributed by atoms with Crippen LogP contribution in [0.5, 0.6) is 0 Å². The number of carbonyl (C=O) groups excluding carboxylic acids is 2. The first-order valence-electron chi connectivity index (χ1n) is 13.4. The summed E-state index contributed by atoms with van der Waals surface area (Å²) in [7, 11) is -4.06. The van der Waals surface area contributed by atoms with E-state index in [1.807, 2.05) is 52.0 Å². The van der Waals surface area contributed by atoms with Crippen LogP contribution in [0.4, 0.5) is 5.69 Å². The minimum absolute atomic E-state index is 0.0966. The molecule has 0 heterocycles. The molecule has 1 N–H and O–H groups in total. The van der Waals surface area contributed by atoms with Gasteiger partial charge < -0.3 is 10.2 Å². The highest BCUT2D eigenvalue weighted by Crippen LogP contribution is 2.25. The lowest BCUT2D eigenvalue weighted by molar-refractivity contribution is -0.140. The predicted octanol–water partition coefficient (Wildman–Crippen LogP) is 5.22. The van der Waals surface area contributed by atoms with Crippen molar-refractivity contribution in [2.24, 2.45) is 0 Å². The molecule has 3 rings (SSSR count). The van der Waals surface area contributed by atoms with Gasteiger partial charge in [-0.25, -0.2) is 8.42 Å². The van der Waals surface area contributed by atoms with Gasteiger partial charge in [0.05, 0.1) is 10.6 Å². The van der Waals surface area contributed by atoms with Gasteiger partial charge in [-0.15, -0.1) is 0 Å². The first-order valence-corrected chi connectivity index (χ1v) is 14.9. The zero-order valence-electron chi connectivity index (χ0n) is 23.3. The zero-order chi connectivity index (χ0) is 28.4. The van der Waals surface area contributed by atoms with Gasteiger partial charge in [-0.05, 0) is 56.5 Å². The van der Waals surface area contributed by atoms with Crippen molar-refractivity contribution in [3.8, 4) is 0 Å². The summed E-state index contributed by atoms with van der Waals surface area (Å²) in [4.78, 5) is 28.9. The number of para-hydroxylation sites is 1. The van der Waals surface area contributed by atoms with Crippen LogP contribution in [0, 0.1) is 13.8 Å². The number of hydrogen-bond acceptors (Lipinski definition) is 4. The molecule has 0 saturated heterocycles. The van der Waals surface area contributed by atoms with E-state index < -0.39 is 28.5 Å². The molecule has 39 heavy (non-hydrogen) atoms. The summed E-state index contributed by atoms with van der Waals surface area (Å²) in [6.45, 7) is 8.03. The van der Waals surface area contributed by atoms with Crippen LogP contribution < -0.4 is 9.62 Å². The van der Waals surface area contributed by atoms with Crippen molar-refractivity contribution in [3.05, 3.63) is 95.6 Å². The molecular formula is C31H39N3O4S. The van der Waals surface area contributed by atoms with Gasteiger partial charge in [0.2, 0.25) is 11.8 Å². The Kier molecular flexibility index (Phi) is 10.7. The van der Waals surface area contributed by atoms with Gasteiger partial charge in [0.1, 0.15) is 12.6 Å². The average Bonchev–Trinajstić information content (AvgIpc) is 2.92. The molecule has 0 fully saturated rings. The van der Waals surface area contributed by atoms with Gasteiger partial charge in [0.25, 0.3) is 10.0 Å². The third-order valence-electron chi connectivity index (χ3n) is 6.58. The maximum absolute atomic E-state index is 14.0. The van der Waals surface area contributed by atoms with Gasteiger partial charge in [-0.2, -0.15) is 0 Å². The standard InChI is InChI=1S/C31H39N3O4S/c1-5-7-20-32-31(36)29(6-2)33(22-26-13-11-12-25(4)21-26)30(35)23-34(27-14-9-8-10-15-27)39(37,38)28-18-16-24(3)17-19-28/h8-19,21,29H,5-7,20,22-23H2,1-4H3,(H,32,36). The van der Waals surface area contributed by atoms with E-state index in [1.165, 1.54) is 4.90 Å². The van der Waals surface area contributed by atoms with Crippen LogP contribution in [0.3, 0.4) is 0 Å². The summed E-state index contributed by atoms with van der Waals surface area (Å²) < 4.78 is 28.8. The first kappa shape index (κ1) is 29.9. The Hall–Kier alpha value is -3.65. The highest BCUT2D eigenvalue weighted by atomic mass is 32.2. The van der Waals surface area contributed by atoms with Crippen molar-refractivity contribution in [2.45, 2.75) is 64.4 Å². The number of rotatable bonds is 13. The van der Waals surface area contributed by atoms with Crippen LogP contribution in [-0.4, -0.2) is 44.3 Å². The lowest BCUT2D eigenvalue weighted by Crippen LogP contribution is -2.52. The molecule has 0 aliphatic heterocycles. The topological polar surface area (TPSA) is 86.8 Å². The second kappa shape index (κ2) is 13.9. The van der Waals surface area contributed by atoms with Crippen molar-refractivity contribution in [1.29, 1.82) is 0 Å². The Morgan fingerprint density at radius 2 is 1.56 bits per heavy atom. The van der Waals surface area contributed by atoms with Crippen LogP contribution >= 0.6 is 0 Å². The second-order valence-electron chi connectivity index (χ2n) is 9.74. The first-order chi connectivity index (χ1) is 18.7. The van der Waals surface area contributed by atoms with E-state index in [0.717, 1.165) is 33.8 Å². The highest BCUT2D eigenvalue weighted by molar-refractivity contribution is 7.92. The normalized spacial score (nSPS) is 12.0. The molecule has 0 spiro atoms. The maximum atomic E-state index is 14.0. The molecule has 2 amide bonds. The number of benzene rings is 3. The fourth-order valence-corrected chi connectivity index (χ4v) is 5.81. The molecule has 1 unspecified atom stereocenters. The van der Waals surface area contributed by atoms with Gasteiger partial charge >= 0.3 is 0 Å². The Morgan fingerprint density at radius 1 is 0.872 bits per heavy atom. The molecule has 3 aromatic carbocycles. The second-order valence-corrected chi connectivity index (χ2v) is 11.6. The molecule has 208 valence electrons. The maximum Gasteiger partial charge on any atom is 0.264 e. The van der Waals surface area contributed by atoms with Crippen LogP contribution in [0.2, 0.25) is 0 Å². The van der Waals surface area contributed by atoms with Gasteiger partial charge in [-0.3, -0.25) is 13.9 Å². The number of nitrogens with zero attached hydrogens (tertiary/aromatic N) is 2. The summed E-state index contributed by atoms with van der Waals surface area (Å²) in [5.41, 5.74) is 3.21. The quantitative estimate of drug-likeness (QED) is 0.296. The number of nitrogens with one attached hydrogen (secondary N) is 1. The van der Waals surface area contributed by atoms with Gasteiger partial charge in [0, 0.05) is 13.1 Å². The van der Waals surface area contributed by atoms with Crippen molar-refractivity contribution in [2.75, 3.05) is 17.4 Å². The smallest absolute Gasteiger partial charge is 0.264 e. The van der Waals surface area contributed by atoms with E-state index >= 15 is 0 Å². The molecule has 3 aromatic rings. The van der Waals surface area contributed by atoms with Gasteiger partial charge in [0.15, 0.2) is 0 Å². The summed E-state index contributed by atoms with van der Waals surface area (Å²) in [6.07, 6.45) is 2.17. The van der Waals surface area contributed by atoms with E-state index in [1.54, 1.807) is 54.6 Å². The number of hydrogen-bond donors (Lipinski definition) is 1. The minimum Gasteiger partial charge on any atom is -0.354 e. The number of sulfonamides is 1. The third-order valence-corrected chi connectivity index (χ3v) is 8.37. The predicted molar refractivity (Wildman–Crippen MR) is 156 cm³/mol. The van der Waals surface area contributed by atoms with E-state index in [4.69, 9.17) is 0 Å². The minimum atomic E-state index is -4.06. The lowest BCUT2D eigenvalue weighted by atomic mass is 10.1. The SMILES string of the molecule is CCCCNC(=O)C(CC)N(Cc1cccc(C)c1)C(=O)CN(c1ccccc1)S(=O)(=O)c1ccc(C)cc1. The number of carbonyl (C=O) groups is 2. The molecule has 0 aliphatic rings. The summed E-state index contributed by atoms with van der Waals surface area (Å²) in [5, 5.41) is 2.95. The van der Waals surface area contributed by atoms with E-state index in [9.17, 15) is 18.0 Å². The Labute approximate surface area is 232 Å². The van der Waals surface area contributed by atoms with E-state index in [2.05, 4.69) is 5.32 Å². The van der Waals surface area contributed by atoms with Crippen LogP contribution in [0.1, 0.15) is 49.8 Å². The van der Waals surface area contributed by atoms with Crippen molar-refractivity contribution in [3.63, 3.8) is 0 Å². The molecule has 0 bridgehead atoms. The summed E-state index contributed by atoms with van der Waals surface area (Å²) >= 11 is 0.